The summed E-state index contributed by atoms with van der Waals surface area (Å²) >= 11 is 6.30. The minimum atomic E-state index is -4.15. The van der Waals surface area contributed by atoms with Crippen LogP contribution in [0, 0.1) is 0 Å². The number of sulfonamides is 1. The van der Waals surface area contributed by atoms with Crippen LogP contribution in [-0.4, -0.2) is 28.7 Å². The Bertz CT molecular complexity index is 1260. The van der Waals surface area contributed by atoms with Gasteiger partial charge in [0.15, 0.2) is 11.5 Å². The van der Waals surface area contributed by atoms with Crippen LogP contribution in [0.4, 0.5) is 16.2 Å². The van der Waals surface area contributed by atoms with Crippen LogP contribution in [0.25, 0.3) is 0 Å². The molecule has 1 aliphatic rings. The van der Waals surface area contributed by atoms with E-state index in [1.54, 1.807) is 42.5 Å². The molecule has 0 spiro atoms. The summed E-state index contributed by atoms with van der Waals surface area (Å²) in [5.74, 6) is 0.723. The Labute approximate surface area is 185 Å². The third-order valence-corrected chi connectivity index (χ3v) is 7.08. The maximum absolute atomic E-state index is 13.5. The first-order valence-corrected chi connectivity index (χ1v) is 11.1. The fourth-order valence-electron chi connectivity index (χ4n) is 3.46. The van der Waals surface area contributed by atoms with Crippen LogP contribution in [0.2, 0.25) is 5.02 Å². The molecule has 160 valence electrons. The molecule has 0 N–H and O–H groups in total. The Morgan fingerprint density at radius 1 is 0.903 bits per heavy atom. The Hall–Kier alpha value is -3.23. The zero-order valence-electron chi connectivity index (χ0n) is 16.8. The molecule has 0 bridgehead atoms. The highest BCUT2D eigenvalue weighted by Gasteiger charge is 2.42. The van der Waals surface area contributed by atoms with Crippen molar-refractivity contribution in [1.82, 2.24) is 0 Å². The molecule has 0 atom stereocenters. The van der Waals surface area contributed by atoms with Gasteiger partial charge in [-0.3, -0.25) is 4.90 Å². The molecule has 3 aromatic rings. The van der Waals surface area contributed by atoms with E-state index in [-0.39, 0.29) is 17.1 Å². The number of carbonyl (C=O) groups excluding carboxylic acids is 1. The average molecular weight is 459 g/mol. The zero-order chi connectivity index (χ0) is 22.2. The van der Waals surface area contributed by atoms with Crippen molar-refractivity contribution in [2.45, 2.75) is 11.4 Å². The van der Waals surface area contributed by atoms with E-state index in [9.17, 15) is 13.2 Å². The highest BCUT2D eigenvalue weighted by molar-refractivity contribution is 7.94. The molecule has 0 radical (unpaired) electrons. The highest BCUT2D eigenvalue weighted by atomic mass is 35.5. The van der Waals surface area contributed by atoms with Crippen LogP contribution in [-0.2, 0) is 16.6 Å². The van der Waals surface area contributed by atoms with Crippen molar-refractivity contribution < 1.29 is 22.7 Å². The van der Waals surface area contributed by atoms with Gasteiger partial charge in [-0.15, -0.1) is 0 Å². The van der Waals surface area contributed by atoms with E-state index in [2.05, 4.69) is 0 Å². The summed E-state index contributed by atoms with van der Waals surface area (Å²) in [6.45, 7) is 0.106. The molecule has 0 saturated carbocycles. The van der Waals surface area contributed by atoms with Crippen LogP contribution in [0.5, 0.6) is 11.5 Å². The van der Waals surface area contributed by atoms with Crippen molar-refractivity contribution in [2.24, 2.45) is 0 Å². The number of hydrogen-bond donors (Lipinski definition) is 0. The first kappa shape index (κ1) is 21.0. The van der Waals surface area contributed by atoms with E-state index >= 15 is 0 Å². The number of hydrogen-bond acceptors (Lipinski definition) is 5. The molecule has 0 saturated heterocycles. The predicted molar refractivity (Wildman–Crippen MR) is 119 cm³/mol. The molecule has 3 aromatic carbocycles. The molecule has 0 fully saturated rings. The average Bonchev–Trinajstić information content (AvgIpc) is 2.77. The lowest BCUT2D eigenvalue weighted by Gasteiger charge is -2.36. The molecule has 0 aliphatic carbocycles. The van der Waals surface area contributed by atoms with Gasteiger partial charge >= 0.3 is 6.03 Å². The summed E-state index contributed by atoms with van der Waals surface area (Å²) in [6.07, 6.45) is 0. The van der Waals surface area contributed by atoms with Crippen molar-refractivity contribution in [3.8, 4) is 11.5 Å². The van der Waals surface area contributed by atoms with E-state index in [1.807, 2.05) is 6.07 Å². The molecule has 1 heterocycles. The summed E-state index contributed by atoms with van der Waals surface area (Å²) in [4.78, 5) is 15.0. The van der Waals surface area contributed by atoms with Gasteiger partial charge in [-0.1, -0.05) is 41.9 Å². The number of benzene rings is 3. The van der Waals surface area contributed by atoms with Gasteiger partial charge in [0.1, 0.15) is 4.90 Å². The van der Waals surface area contributed by atoms with Gasteiger partial charge in [0, 0.05) is 11.1 Å². The number of methoxy groups -OCH3 is 2. The van der Waals surface area contributed by atoms with Crippen LogP contribution in [0.1, 0.15) is 5.56 Å². The molecule has 0 unspecified atom stereocenters. The lowest BCUT2D eigenvalue weighted by Crippen LogP contribution is -2.50. The van der Waals surface area contributed by atoms with Crippen LogP contribution in [0.3, 0.4) is 0 Å². The third-order valence-electron chi connectivity index (χ3n) is 4.97. The Kier molecular flexibility index (Phi) is 5.51. The van der Waals surface area contributed by atoms with Gasteiger partial charge in [0.2, 0.25) is 0 Å². The lowest BCUT2D eigenvalue weighted by molar-refractivity contribution is 0.253. The van der Waals surface area contributed by atoms with Crippen LogP contribution in [0.15, 0.2) is 71.6 Å². The summed E-state index contributed by atoms with van der Waals surface area (Å²) in [7, 11) is -1.24. The maximum Gasteiger partial charge on any atom is 0.343 e. The molecule has 4 rings (SSSR count). The van der Waals surface area contributed by atoms with Gasteiger partial charge in [0.05, 0.1) is 32.1 Å². The fourth-order valence-corrected chi connectivity index (χ4v) is 5.24. The largest absolute Gasteiger partial charge is 0.493 e. The van der Waals surface area contributed by atoms with Gasteiger partial charge < -0.3 is 9.47 Å². The van der Waals surface area contributed by atoms with Crippen molar-refractivity contribution in [3.63, 3.8) is 0 Å². The van der Waals surface area contributed by atoms with E-state index < -0.39 is 16.1 Å². The number of anilines is 2. The molecule has 2 amide bonds. The summed E-state index contributed by atoms with van der Waals surface area (Å²) < 4.78 is 38.1. The van der Waals surface area contributed by atoms with Crippen LogP contribution < -0.4 is 18.7 Å². The number of fused-ring (bicyclic) bond motifs is 1. The number of nitrogens with zero attached hydrogens (tertiary/aromatic N) is 2. The van der Waals surface area contributed by atoms with E-state index in [0.29, 0.717) is 27.8 Å². The second kappa shape index (κ2) is 8.13. The first-order chi connectivity index (χ1) is 14.9. The smallest absolute Gasteiger partial charge is 0.343 e. The SMILES string of the molecule is COc1ccc(N2C(=O)N(Cc3ccccc3Cl)c3ccccc3S2(=O)=O)cc1OC. The first-order valence-electron chi connectivity index (χ1n) is 9.29. The molecule has 1 aliphatic heterocycles. The predicted octanol–water partition coefficient (Wildman–Crippen LogP) is 4.69. The number of halogens is 1. The summed E-state index contributed by atoms with van der Waals surface area (Å²) in [6, 6.07) is 17.3. The Morgan fingerprint density at radius 3 is 2.29 bits per heavy atom. The standard InChI is InChI=1S/C22H19ClN2O5S/c1-29-19-12-11-16(13-20(19)30-2)25-22(26)24(14-15-7-3-4-8-17(15)23)18-9-5-6-10-21(18)31(25,27)28/h3-13H,14H2,1-2H3. The second-order valence-corrected chi connectivity index (χ2v) is 8.90. The number of rotatable bonds is 5. The van der Waals surface area contributed by atoms with Gasteiger partial charge in [-0.25, -0.2) is 13.2 Å². The van der Waals surface area contributed by atoms with Gasteiger partial charge in [-0.05, 0) is 35.9 Å². The van der Waals surface area contributed by atoms with Crippen molar-refractivity contribution >= 4 is 39.0 Å². The third kappa shape index (κ3) is 3.58. The minimum Gasteiger partial charge on any atom is -0.493 e. The maximum atomic E-state index is 13.5. The molecule has 9 heteroatoms. The number of amides is 2. The molecular formula is C22H19ClN2O5S. The minimum absolute atomic E-state index is 0.0245. The van der Waals surface area contributed by atoms with Crippen molar-refractivity contribution in [1.29, 1.82) is 0 Å². The quantitative estimate of drug-likeness (QED) is 0.554. The summed E-state index contributed by atoms with van der Waals surface area (Å²) in [5, 5.41) is 0.485. The normalized spacial score (nSPS) is 14.9. The van der Waals surface area contributed by atoms with Gasteiger partial charge in [-0.2, -0.15) is 4.31 Å². The van der Waals surface area contributed by atoms with Gasteiger partial charge in [0.25, 0.3) is 10.0 Å². The highest BCUT2D eigenvalue weighted by Crippen LogP contribution is 2.40. The monoisotopic (exact) mass is 458 g/mol. The molecule has 0 aromatic heterocycles. The molecular weight excluding hydrogens is 440 g/mol. The van der Waals surface area contributed by atoms with E-state index in [4.69, 9.17) is 21.1 Å². The van der Waals surface area contributed by atoms with E-state index in [1.165, 1.54) is 37.3 Å². The number of carbonyl (C=O) groups is 1. The number of ether oxygens (including phenoxy) is 2. The van der Waals surface area contributed by atoms with Crippen molar-refractivity contribution in [2.75, 3.05) is 23.4 Å². The fraction of sp³-hybridized carbons (Fsp3) is 0.136. The lowest BCUT2D eigenvalue weighted by atomic mass is 10.2. The topological polar surface area (TPSA) is 76.2 Å². The number of urea groups is 1. The zero-order valence-corrected chi connectivity index (χ0v) is 18.4. The summed E-state index contributed by atoms with van der Waals surface area (Å²) in [5.41, 5.74) is 1.13. The van der Waals surface area contributed by atoms with Crippen LogP contribution >= 0.6 is 11.6 Å². The second-order valence-electron chi connectivity index (χ2n) is 6.74. The Morgan fingerprint density at radius 2 is 1.58 bits per heavy atom. The molecule has 7 nitrogen and oxygen atoms in total. The number of para-hydroxylation sites is 1. The molecule has 31 heavy (non-hydrogen) atoms. The van der Waals surface area contributed by atoms with Crippen molar-refractivity contribution in [3.05, 3.63) is 77.3 Å². The Balaban J connectivity index is 1.88. The van der Waals surface area contributed by atoms with E-state index in [0.717, 1.165) is 4.31 Å².